The predicted octanol–water partition coefficient (Wildman–Crippen LogP) is 5.12. The second-order valence-electron chi connectivity index (χ2n) is 9.38. The Morgan fingerprint density at radius 3 is 2.26 bits per heavy atom. The molecule has 0 bridgehead atoms. The van der Waals surface area contributed by atoms with E-state index in [4.69, 9.17) is 16.3 Å². The van der Waals surface area contributed by atoms with E-state index < -0.39 is 47.9 Å². The molecule has 0 amide bonds. The second kappa shape index (κ2) is 9.62. The molecule has 0 spiro atoms. The first kappa shape index (κ1) is 26.6. The molecule has 38 heavy (non-hydrogen) atoms. The van der Waals surface area contributed by atoms with E-state index in [0.29, 0.717) is 10.7 Å². The van der Waals surface area contributed by atoms with E-state index in [1.54, 1.807) is 12.1 Å². The highest BCUT2D eigenvalue weighted by Gasteiger charge is 2.59. The van der Waals surface area contributed by atoms with Crippen molar-refractivity contribution in [2.24, 2.45) is 11.0 Å². The van der Waals surface area contributed by atoms with Crippen LogP contribution in [0.4, 0.5) is 8.78 Å². The van der Waals surface area contributed by atoms with Crippen LogP contribution >= 0.6 is 11.6 Å². The number of fused-ring (bicyclic) bond motifs is 3. The Balaban J connectivity index is 1.56. The van der Waals surface area contributed by atoms with Crippen LogP contribution in [0.25, 0.3) is 0 Å². The molecule has 1 fully saturated rings. The zero-order valence-corrected chi connectivity index (χ0v) is 22.5. The molecule has 3 aromatic rings. The van der Waals surface area contributed by atoms with Gasteiger partial charge in [0.2, 0.25) is 0 Å². The minimum atomic E-state index is -4.31. The quantitative estimate of drug-likeness (QED) is 0.422. The van der Waals surface area contributed by atoms with Gasteiger partial charge in [0.25, 0.3) is 10.0 Å². The van der Waals surface area contributed by atoms with Crippen LogP contribution in [0.3, 0.4) is 0 Å². The molecule has 0 aromatic heterocycles. The predicted molar refractivity (Wildman–Crippen MR) is 138 cm³/mol. The number of sulfonamides is 1. The first-order valence-corrected chi connectivity index (χ1v) is 15.1. The zero-order chi connectivity index (χ0) is 27.3. The van der Waals surface area contributed by atoms with E-state index in [1.807, 2.05) is 6.92 Å². The zero-order valence-electron chi connectivity index (χ0n) is 20.1. The SMILES string of the molecule is Cc1ccc(S(=O)(=O)N/N=C2/CC[C@@]3(S(=O)(=O)c4ccc(Cl)cc4)c4c(F)ccc(F)c4OC[C@H]3C2)cc1. The molecule has 1 saturated carbocycles. The summed E-state index contributed by atoms with van der Waals surface area (Å²) in [5.41, 5.74) is 0.904. The minimum absolute atomic E-state index is 0.0152. The lowest BCUT2D eigenvalue weighted by molar-refractivity contribution is 0.151. The Morgan fingerprint density at radius 1 is 0.947 bits per heavy atom. The Bertz CT molecular complexity index is 1640. The highest BCUT2D eigenvalue weighted by atomic mass is 35.5. The monoisotopic (exact) mass is 580 g/mol. The van der Waals surface area contributed by atoms with Gasteiger partial charge in [0.05, 0.1) is 22.0 Å². The molecule has 1 N–H and O–H groups in total. The van der Waals surface area contributed by atoms with Crippen molar-refractivity contribution in [3.05, 3.63) is 88.4 Å². The first-order chi connectivity index (χ1) is 18.0. The van der Waals surface area contributed by atoms with Crippen molar-refractivity contribution in [3.8, 4) is 5.75 Å². The van der Waals surface area contributed by atoms with E-state index in [1.165, 1.54) is 36.4 Å². The fourth-order valence-corrected chi connectivity index (χ4v) is 8.48. The van der Waals surface area contributed by atoms with Crippen LogP contribution in [-0.4, -0.2) is 29.2 Å². The largest absolute Gasteiger partial charge is 0.490 e. The molecule has 12 heteroatoms. The van der Waals surface area contributed by atoms with Gasteiger partial charge in [-0.2, -0.15) is 13.5 Å². The third kappa shape index (κ3) is 4.36. The fourth-order valence-electron chi connectivity index (χ4n) is 5.17. The Labute approximate surface area is 224 Å². The molecule has 1 heterocycles. The molecular formula is C26H23ClF2N2O5S2. The fraction of sp³-hybridized carbons (Fsp3) is 0.269. The van der Waals surface area contributed by atoms with Gasteiger partial charge in [-0.15, -0.1) is 0 Å². The number of rotatable bonds is 5. The maximum absolute atomic E-state index is 15.3. The van der Waals surface area contributed by atoms with Gasteiger partial charge in [0.15, 0.2) is 21.4 Å². The lowest BCUT2D eigenvalue weighted by atomic mass is 9.72. The standard InChI is InChI=1S/C26H23ClF2N2O5S2/c1-16-2-6-21(7-3-16)38(34,35)31-30-19-12-13-26(37(32,33)20-8-4-18(27)5-9-20)17(14-19)15-36-25-23(29)11-10-22(28)24(25)26/h2-11,17,31H,12-15H2,1H3/b30-19-/t17-,26+/m1/s1. The van der Waals surface area contributed by atoms with Crippen molar-refractivity contribution < 1.29 is 30.4 Å². The highest BCUT2D eigenvalue weighted by Crippen LogP contribution is 2.56. The molecular weight excluding hydrogens is 558 g/mol. The number of benzene rings is 3. The summed E-state index contributed by atoms with van der Waals surface area (Å²) in [5.74, 6) is -3.07. The molecule has 5 rings (SSSR count). The van der Waals surface area contributed by atoms with Crippen LogP contribution in [-0.2, 0) is 24.6 Å². The number of nitrogens with zero attached hydrogens (tertiary/aromatic N) is 1. The van der Waals surface area contributed by atoms with E-state index in [0.717, 1.165) is 17.7 Å². The Hall–Kier alpha value is -3.02. The van der Waals surface area contributed by atoms with Crippen molar-refractivity contribution in [2.75, 3.05) is 6.61 Å². The Kier molecular flexibility index (Phi) is 6.73. The number of hydrazone groups is 1. The van der Waals surface area contributed by atoms with Gasteiger partial charge in [0, 0.05) is 16.7 Å². The summed E-state index contributed by atoms with van der Waals surface area (Å²) in [6.07, 6.45) is -0.155. The van der Waals surface area contributed by atoms with E-state index in [-0.39, 0.29) is 41.2 Å². The normalized spacial score (nSPS) is 22.3. The summed E-state index contributed by atoms with van der Waals surface area (Å²) in [6.45, 7) is 1.60. The topological polar surface area (TPSA) is 102 Å². The van der Waals surface area contributed by atoms with Gasteiger partial charge in [-0.25, -0.2) is 22.0 Å². The van der Waals surface area contributed by atoms with Crippen LogP contribution < -0.4 is 9.57 Å². The van der Waals surface area contributed by atoms with Crippen molar-refractivity contribution in [3.63, 3.8) is 0 Å². The van der Waals surface area contributed by atoms with Crippen molar-refractivity contribution in [1.82, 2.24) is 4.83 Å². The first-order valence-electron chi connectivity index (χ1n) is 11.7. The third-order valence-corrected chi connectivity index (χ3v) is 11.2. The maximum atomic E-state index is 15.3. The molecule has 0 unspecified atom stereocenters. The van der Waals surface area contributed by atoms with E-state index in [2.05, 4.69) is 9.93 Å². The van der Waals surface area contributed by atoms with Crippen LogP contribution in [0.2, 0.25) is 5.02 Å². The summed E-state index contributed by atoms with van der Waals surface area (Å²) in [4.78, 5) is 2.14. The molecule has 2 aliphatic rings. The summed E-state index contributed by atoms with van der Waals surface area (Å²) < 4.78 is 87.5. The van der Waals surface area contributed by atoms with Crippen molar-refractivity contribution >= 4 is 37.2 Å². The lowest BCUT2D eigenvalue weighted by Gasteiger charge is -2.47. The number of ether oxygens (including phenoxy) is 1. The molecule has 1 aliphatic carbocycles. The summed E-state index contributed by atoms with van der Waals surface area (Å²) in [6, 6.07) is 13.5. The number of nitrogens with one attached hydrogen (secondary N) is 1. The van der Waals surface area contributed by atoms with Crippen LogP contribution in [0.5, 0.6) is 5.75 Å². The lowest BCUT2D eigenvalue weighted by Crippen LogP contribution is -2.52. The summed E-state index contributed by atoms with van der Waals surface area (Å²) in [7, 11) is -8.27. The molecule has 1 aliphatic heterocycles. The summed E-state index contributed by atoms with van der Waals surface area (Å²) in [5, 5.41) is 4.40. The number of aryl methyl sites for hydroxylation is 1. The third-order valence-electron chi connectivity index (χ3n) is 7.10. The number of halogens is 3. The molecule has 2 atom stereocenters. The molecule has 0 saturated heterocycles. The van der Waals surface area contributed by atoms with Gasteiger partial charge < -0.3 is 4.74 Å². The molecule has 0 radical (unpaired) electrons. The van der Waals surface area contributed by atoms with Gasteiger partial charge in [-0.1, -0.05) is 29.3 Å². The van der Waals surface area contributed by atoms with Gasteiger partial charge in [0.1, 0.15) is 10.6 Å². The number of hydrogen-bond acceptors (Lipinski definition) is 6. The minimum Gasteiger partial charge on any atom is -0.490 e. The van der Waals surface area contributed by atoms with E-state index in [9.17, 15) is 21.2 Å². The Morgan fingerprint density at radius 2 is 1.58 bits per heavy atom. The van der Waals surface area contributed by atoms with Gasteiger partial charge in [-0.3, -0.25) is 0 Å². The van der Waals surface area contributed by atoms with E-state index >= 15 is 4.39 Å². The summed E-state index contributed by atoms with van der Waals surface area (Å²) >= 11 is 5.96. The molecule has 3 aromatic carbocycles. The van der Waals surface area contributed by atoms with Crippen LogP contribution in [0, 0.1) is 24.5 Å². The number of hydrogen-bond donors (Lipinski definition) is 1. The number of sulfone groups is 1. The smallest absolute Gasteiger partial charge is 0.276 e. The van der Waals surface area contributed by atoms with Gasteiger partial charge >= 0.3 is 0 Å². The molecule has 200 valence electrons. The highest BCUT2D eigenvalue weighted by molar-refractivity contribution is 7.92. The molecule has 7 nitrogen and oxygen atoms in total. The average Bonchev–Trinajstić information content (AvgIpc) is 2.89. The van der Waals surface area contributed by atoms with Gasteiger partial charge in [-0.05, 0) is 74.7 Å². The average molecular weight is 581 g/mol. The van der Waals surface area contributed by atoms with Crippen LogP contribution in [0.1, 0.15) is 30.4 Å². The van der Waals surface area contributed by atoms with Crippen molar-refractivity contribution in [2.45, 2.75) is 40.7 Å². The van der Waals surface area contributed by atoms with Crippen LogP contribution in [0.15, 0.2) is 75.6 Å². The maximum Gasteiger partial charge on any atom is 0.276 e. The second-order valence-corrected chi connectivity index (χ2v) is 13.7. The van der Waals surface area contributed by atoms with Crippen molar-refractivity contribution in [1.29, 1.82) is 0 Å².